The Morgan fingerprint density at radius 2 is 1.80 bits per heavy atom. The zero-order chi connectivity index (χ0) is 31.3. The van der Waals surface area contributed by atoms with Gasteiger partial charge in [-0.1, -0.05) is 62.3 Å². The number of para-hydroxylation sites is 1. The molecule has 0 spiro atoms. The summed E-state index contributed by atoms with van der Waals surface area (Å²) in [5.74, 6) is -0.546. The Morgan fingerprint density at radius 1 is 1.00 bits per heavy atom. The second-order valence-corrected chi connectivity index (χ2v) is 14.9. The molecule has 6 rings (SSSR count). The molecular formula is C35H37N3O4S3. The number of carbonyl (C=O) groups is 3. The first kappa shape index (κ1) is 31.5. The summed E-state index contributed by atoms with van der Waals surface area (Å²) < 4.78 is 5.14. The van der Waals surface area contributed by atoms with E-state index < -0.39 is 11.2 Å². The van der Waals surface area contributed by atoms with Crippen LogP contribution in [0.2, 0.25) is 0 Å². The molecule has 0 saturated carbocycles. The third kappa shape index (κ3) is 6.88. The minimum Gasteiger partial charge on any atom is -0.465 e. The van der Waals surface area contributed by atoms with E-state index in [-0.39, 0.29) is 23.2 Å². The van der Waals surface area contributed by atoms with Gasteiger partial charge in [0.05, 0.1) is 34.9 Å². The summed E-state index contributed by atoms with van der Waals surface area (Å²) in [6, 6.07) is 15.3. The highest BCUT2D eigenvalue weighted by molar-refractivity contribution is 8.00. The van der Waals surface area contributed by atoms with E-state index in [1.54, 1.807) is 11.8 Å². The largest absolute Gasteiger partial charge is 0.465 e. The quantitative estimate of drug-likeness (QED) is 0.195. The number of aryl methyl sites for hydroxylation is 1. The fraction of sp³-hybridized carbons (Fsp3) is 0.343. The third-order valence-corrected chi connectivity index (χ3v) is 12.2. The van der Waals surface area contributed by atoms with Crippen LogP contribution in [0.25, 0.3) is 0 Å². The van der Waals surface area contributed by atoms with E-state index in [1.165, 1.54) is 41.5 Å². The first-order valence-corrected chi connectivity index (χ1v) is 18.1. The normalized spacial score (nSPS) is 19.3. The molecular weight excluding hydrogens is 623 g/mol. The average Bonchev–Trinajstić information content (AvgIpc) is 3.37. The van der Waals surface area contributed by atoms with E-state index in [2.05, 4.69) is 28.9 Å². The molecule has 0 bridgehead atoms. The maximum absolute atomic E-state index is 13.8. The molecule has 2 heterocycles. The number of carbonyl (C=O) groups excluding carboxylic acids is 3. The average molecular weight is 660 g/mol. The van der Waals surface area contributed by atoms with Gasteiger partial charge in [-0.2, -0.15) is 0 Å². The molecule has 3 aromatic rings. The number of anilines is 3. The molecule has 3 unspecified atom stereocenters. The first-order chi connectivity index (χ1) is 22.0. The van der Waals surface area contributed by atoms with Gasteiger partial charge in [0.1, 0.15) is 5.00 Å². The van der Waals surface area contributed by atoms with Gasteiger partial charge in [0, 0.05) is 20.4 Å². The van der Waals surface area contributed by atoms with Gasteiger partial charge < -0.3 is 15.4 Å². The molecule has 1 aromatic heterocycles. The highest BCUT2D eigenvalue weighted by atomic mass is 32.2. The molecule has 3 aliphatic rings. The lowest BCUT2D eigenvalue weighted by Gasteiger charge is -2.40. The zero-order valence-corrected chi connectivity index (χ0v) is 27.9. The standard InChI is InChI=1S/C35H37N3O4S3/c1-3-27(32(39)37-33-31(34(40)42-2)24-15-6-4-5-7-18-28(24)45-33)43-23-14-12-13-22(21-23)36-35(41)38-25-16-8-10-19-29(25)44-30-20-11-9-17-26(30)38/h8-14,16-17,19-21,25,27,29H,3-7,15,18H2,1-2H3,(H,36,41)(H,37,39). The van der Waals surface area contributed by atoms with Crippen LogP contribution in [0.15, 0.2) is 82.6 Å². The summed E-state index contributed by atoms with van der Waals surface area (Å²) in [4.78, 5) is 45.2. The van der Waals surface area contributed by atoms with Crippen LogP contribution >= 0.6 is 34.9 Å². The molecule has 3 amide bonds. The Morgan fingerprint density at radius 3 is 2.62 bits per heavy atom. The lowest BCUT2D eigenvalue weighted by molar-refractivity contribution is -0.115. The Labute approximate surface area is 276 Å². The number of fused-ring (bicyclic) bond motifs is 3. The van der Waals surface area contributed by atoms with Crippen LogP contribution in [0.5, 0.6) is 0 Å². The van der Waals surface area contributed by atoms with E-state index in [1.807, 2.05) is 66.4 Å². The fourth-order valence-corrected chi connectivity index (χ4v) is 9.61. The van der Waals surface area contributed by atoms with Gasteiger partial charge in [-0.15, -0.1) is 34.9 Å². The number of thioether (sulfide) groups is 2. The number of rotatable bonds is 7. The van der Waals surface area contributed by atoms with Crippen molar-refractivity contribution in [3.05, 3.63) is 88.8 Å². The number of allylic oxidation sites excluding steroid dienone is 2. The Kier molecular flexibility index (Phi) is 10.0. The molecule has 1 aliphatic heterocycles. The predicted octanol–water partition coefficient (Wildman–Crippen LogP) is 8.71. The number of nitrogens with one attached hydrogen (secondary N) is 2. The molecule has 10 heteroatoms. The molecule has 2 aromatic carbocycles. The molecule has 0 saturated heterocycles. The molecule has 7 nitrogen and oxygen atoms in total. The van der Waals surface area contributed by atoms with Crippen molar-refractivity contribution >= 4 is 69.1 Å². The molecule has 0 fully saturated rings. The molecule has 234 valence electrons. The molecule has 45 heavy (non-hydrogen) atoms. The minimum absolute atomic E-state index is 0.0906. The molecule has 0 radical (unpaired) electrons. The van der Waals surface area contributed by atoms with Gasteiger partial charge in [-0.3, -0.25) is 9.69 Å². The van der Waals surface area contributed by atoms with Crippen molar-refractivity contribution in [3.8, 4) is 0 Å². The minimum atomic E-state index is -0.395. The van der Waals surface area contributed by atoms with Crippen LogP contribution in [0.4, 0.5) is 21.2 Å². The van der Waals surface area contributed by atoms with Crippen molar-refractivity contribution in [3.63, 3.8) is 0 Å². The topological polar surface area (TPSA) is 87.7 Å². The summed E-state index contributed by atoms with van der Waals surface area (Å²) in [7, 11) is 1.39. The maximum atomic E-state index is 13.8. The van der Waals surface area contributed by atoms with Gasteiger partial charge in [-0.25, -0.2) is 9.59 Å². The van der Waals surface area contributed by atoms with Gasteiger partial charge in [0.2, 0.25) is 5.91 Å². The van der Waals surface area contributed by atoms with E-state index in [4.69, 9.17) is 4.74 Å². The van der Waals surface area contributed by atoms with Gasteiger partial charge in [-0.05, 0) is 68.0 Å². The maximum Gasteiger partial charge on any atom is 0.341 e. The molecule has 2 aliphatic carbocycles. The van der Waals surface area contributed by atoms with Crippen molar-refractivity contribution < 1.29 is 19.1 Å². The van der Waals surface area contributed by atoms with Crippen LogP contribution in [-0.4, -0.2) is 41.6 Å². The van der Waals surface area contributed by atoms with E-state index in [9.17, 15) is 14.4 Å². The summed E-state index contributed by atoms with van der Waals surface area (Å²) >= 11 is 4.73. The predicted molar refractivity (Wildman–Crippen MR) is 186 cm³/mol. The van der Waals surface area contributed by atoms with Crippen LogP contribution in [0.3, 0.4) is 0 Å². The number of esters is 1. The number of nitrogens with zero attached hydrogens (tertiary/aromatic N) is 1. The van der Waals surface area contributed by atoms with Crippen molar-refractivity contribution in [1.29, 1.82) is 0 Å². The smallest absolute Gasteiger partial charge is 0.341 e. The van der Waals surface area contributed by atoms with E-state index in [0.717, 1.165) is 53.1 Å². The second-order valence-electron chi connectivity index (χ2n) is 11.3. The fourth-order valence-electron chi connectivity index (χ4n) is 6.06. The summed E-state index contributed by atoms with van der Waals surface area (Å²) in [5, 5.41) is 6.53. The van der Waals surface area contributed by atoms with Crippen molar-refractivity contribution in [2.45, 2.75) is 78.2 Å². The number of methoxy groups -OCH3 is 1. The number of benzene rings is 2. The zero-order valence-electron chi connectivity index (χ0n) is 25.4. The first-order valence-electron chi connectivity index (χ1n) is 15.5. The van der Waals surface area contributed by atoms with Gasteiger partial charge >= 0.3 is 12.0 Å². The van der Waals surface area contributed by atoms with E-state index in [0.29, 0.717) is 22.7 Å². The summed E-state index contributed by atoms with van der Waals surface area (Å²) in [6.45, 7) is 1.98. The molecule has 3 atom stereocenters. The Balaban J connectivity index is 1.17. The Bertz CT molecular complexity index is 1650. The molecule has 2 N–H and O–H groups in total. The van der Waals surface area contributed by atoms with Crippen LogP contribution < -0.4 is 15.5 Å². The number of hydrogen-bond acceptors (Lipinski definition) is 7. The van der Waals surface area contributed by atoms with Crippen LogP contribution in [0.1, 0.15) is 59.8 Å². The Hall–Kier alpha value is -3.47. The SMILES string of the molecule is CCC(Sc1cccc(NC(=O)N2c3ccccc3SC3C=CC=CC32)c1)C(=O)Nc1sc2c(c1C(=O)OC)CCCCCC2. The van der Waals surface area contributed by atoms with Crippen molar-refractivity contribution in [2.24, 2.45) is 0 Å². The monoisotopic (exact) mass is 659 g/mol. The van der Waals surface area contributed by atoms with Gasteiger partial charge in [0.25, 0.3) is 0 Å². The second kappa shape index (κ2) is 14.3. The van der Waals surface area contributed by atoms with Crippen molar-refractivity contribution in [2.75, 3.05) is 22.6 Å². The number of ether oxygens (including phenoxy) is 1. The van der Waals surface area contributed by atoms with Gasteiger partial charge in [0.15, 0.2) is 0 Å². The summed E-state index contributed by atoms with van der Waals surface area (Å²) in [5.41, 5.74) is 3.10. The van der Waals surface area contributed by atoms with Crippen LogP contribution in [-0.2, 0) is 22.4 Å². The lowest BCUT2D eigenvalue weighted by atomic mass is 9.96. The van der Waals surface area contributed by atoms with Crippen LogP contribution in [0, 0.1) is 0 Å². The highest BCUT2D eigenvalue weighted by Crippen LogP contribution is 2.44. The lowest BCUT2D eigenvalue weighted by Crippen LogP contribution is -2.49. The number of amides is 3. The van der Waals surface area contributed by atoms with E-state index >= 15 is 0 Å². The summed E-state index contributed by atoms with van der Waals surface area (Å²) in [6.07, 6.45) is 15.0. The van der Waals surface area contributed by atoms with Crippen molar-refractivity contribution in [1.82, 2.24) is 0 Å². The number of thiophene rings is 1. The number of hydrogen-bond donors (Lipinski definition) is 2. The number of urea groups is 1. The highest BCUT2D eigenvalue weighted by Gasteiger charge is 2.36. The third-order valence-electron chi connectivity index (χ3n) is 8.29.